The van der Waals surface area contributed by atoms with Crippen molar-refractivity contribution in [2.75, 3.05) is 7.11 Å². The van der Waals surface area contributed by atoms with E-state index in [0.29, 0.717) is 0 Å². The molecular formula is C14H28O4Si. The van der Waals surface area contributed by atoms with Crippen LogP contribution in [-0.4, -0.2) is 33.8 Å². The van der Waals surface area contributed by atoms with E-state index in [0.717, 1.165) is 24.4 Å². The van der Waals surface area contributed by atoms with Crippen molar-refractivity contribution in [2.45, 2.75) is 58.9 Å². The Morgan fingerprint density at radius 2 is 1.63 bits per heavy atom. The van der Waals surface area contributed by atoms with Crippen molar-refractivity contribution < 1.29 is 18.8 Å². The van der Waals surface area contributed by atoms with Gasteiger partial charge in [-0.15, -0.1) is 0 Å². The number of hydrogen-bond acceptors (Lipinski definition) is 4. The third-order valence-electron chi connectivity index (χ3n) is 4.12. The van der Waals surface area contributed by atoms with E-state index in [1.54, 1.807) is 13.8 Å². The average Bonchev–Trinajstić information content (AvgIpc) is 2.47. The Morgan fingerprint density at radius 3 is 1.95 bits per heavy atom. The lowest BCUT2D eigenvalue weighted by Gasteiger charge is -2.36. The molecule has 0 saturated carbocycles. The van der Waals surface area contributed by atoms with Crippen molar-refractivity contribution in [1.29, 1.82) is 0 Å². The lowest BCUT2D eigenvalue weighted by atomic mass is 9.95. The number of ether oxygens (including phenoxy) is 1. The van der Waals surface area contributed by atoms with Crippen LogP contribution in [-0.2, 0) is 18.8 Å². The highest BCUT2D eigenvalue weighted by molar-refractivity contribution is 6.73. The maximum atomic E-state index is 11.7. The van der Waals surface area contributed by atoms with Gasteiger partial charge in [0.15, 0.2) is 8.32 Å². The van der Waals surface area contributed by atoms with E-state index in [2.05, 4.69) is 20.8 Å². The van der Waals surface area contributed by atoms with Gasteiger partial charge in [-0.3, -0.25) is 4.79 Å². The first-order valence-electron chi connectivity index (χ1n) is 7.12. The second-order valence-corrected chi connectivity index (χ2v) is 9.86. The minimum atomic E-state index is -1.85. The van der Waals surface area contributed by atoms with Gasteiger partial charge in [-0.25, -0.2) is 0 Å². The van der Waals surface area contributed by atoms with Crippen LogP contribution < -0.4 is 0 Å². The Balaban J connectivity index is 5.15. The molecule has 0 heterocycles. The van der Waals surface area contributed by atoms with E-state index in [1.165, 1.54) is 7.11 Å². The van der Waals surface area contributed by atoms with Crippen LogP contribution in [0.15, 0.2) is 0 Å². The van der Waals surface area contributed by atoms with Gasteiger partial charge >= 0.3 is 5.97 Å². The molecule has 19 heavy (non-hydrogen) atoms. The number of aldehydes is 1. The van der Waals surface area contributed by atoms with Gasteiger partial charge < -0.3 is 14.0 Å². The summed E-state index contributed by atoms with van der Waals surface area (Å²) < 4.78 is 11.1. The lowest BCUT2D eigenvalue weighted by molar-refractivity contribution is -0.149. The molecule has 0 saturated heterocycles. The topological polar surface area (TPSA) is 52.6 Å². The van der Waals surface area contributed by atoms with E-state index in [-0.39, 0.29) is 18.0 Å². The molecule has 0 radical (unpaired) electrons. The van der Waals surface area contributed by atoms with E-state index < -0.39 is 14.2 Å². The molecule has 112 valence electrons. The summed E-state index contributed by atoms with van der Waals surface area (Å²) in [6, 6.07) is 2.99. The third kappa shape index (κ3) is 4.73. The van der Waals surface area contributed by atoms with E-state index >= 15 is 0 Å². The van der Waals surface area contributed by atoms with Gasteiger partial charge in [0.05, 0.1) is 19.1 Å². The summed E-state index contributed by atoms with van der Waals surface area (Å²) >= 11 is 0. The highest BCUT2D eigenvalue weighted by Crippen LogP contribution is 2.28. The van der Waals surface area contributed by atoms with Crippen LogP contribution in [0.2, 0.25) is 18.1 Å². The van der Waals surface area contributed by atoms with Crippen LogP contribution in [0.25, 0.3) is 0 Å². The molecule has 0 aliphatic carbocycles. The van der Waals surface area contributed by atoms with Gasteiger partial charge in [0.25, 0.3) is 0 Å². The third-order valence-corrected chi connectivity index (χ3v) is 8.76. The van der Waals surface area contributed by atoms with Crippen molar-refractivity contribution in [1.82, 2.24) is 0 Å². The fourth-order valence-electron chi connectivity index (χ4n) is 2.35. The normalized spacial score (nSPS) is 16.5. The molecular weight excluding hydrogens is 260 g/mol. The van der Waals surface area contributed by atoms with Gasteiger partial charge in [-0.05, 0) is 25.1 Å². The maximum absolute atomic E-state index is 11.7. The molecule has 0 aromatic carbocycles. The minimum Gasteiger partial charge on any atom is -0.469 e. The molecule has 0 aromatic rings. The average molecular weight is 288 g/mol. The number of rotatable bonds is 9. The summed E-state index contributed by atoms with van der Waals surface area (Å²) in [5.74, 6) is -1.03. The van der Waals surface area contributed by atoms with Crippen LogP contribution in [0.4, 0.5) is 0 Å². The molecule has 3 atom stereocenters. The fraction of sp³-hybridized carbons (Fsp3) is 0.857. The number of hydrogen-bond donors (Lipinski definition) is 0. The quantitative estimate of drug-likeness (QED) is 0.372. The predicted molar refractivity (Wildman–Crippen MR) is 78.5 cm³/mol. The summed E-state index contributed by atoms with van der Waals surface area (Å²) in [5, 5.41) is 0. The summed E-state index contributed by atoms with van der Waals surface area (Å²) in [5.41, 5.74) is 0. The minimum absolute atomic E-state index is 0.300. The maximum Gasteiger partial charge on any atom is 0.310 e. The summed E-state index contributed by atoms with van der Waals surface area (Å²) in [7, 11) is -0.481. The smallest absolute Gasteiger partial charge is 0.310 e. The van der Waals surface area contributed by atoms with Crippen molar-refractivity contribution in [3.63, 3.8) is 0 Å². The lowest BCUT2D eigenvalue weighted by Crippen LogP contribution is -2.46. The van der Waals surface area contributed by atoms with Gasteiger partial charge in [0.2, 0.25) is 0 Å². The first-order chi connectivity index (χ1) is 8.91. The first kappa shape index (κ1) is 18.3. The number of esters is 1. The van der Waals surface area contributed by atoms with Crippen molar-refractivity contribution in [2.24, 2.45) is 11.8 Å². The predicted octanol–water partition coefficient (Wildman–Crippen LogP) is 3.02. The summed E-state index contributed by atoms with van der Waals surface area (Å²) in [6.45, 7) is 9.97. The fourth-order valence-corrected chi connectivity index (χ4v) is 5.35. The Morgan fingerprint density at radius 1 is 1.16 bits per heavy atom. The molecule has 0 aliphatic rings. The Kier molecular flexibility index (Phi) is 8.18. The van der Waals surface area contributed by atoms with E-state index in [1.807, 2.05) is 0 Å². The molecule has 4 nitrogen and oxygen atoms in total. The molecule has 0 spiro atoms. The monoisotopic (exact) mass is 288 g/mol. The zero-order chi connectivity index (χ0) is 15.1. The number of methoxy groups -OCH3 is 1. The summed E-state index contributed by atoms with van der Waals surface area (Å²) in [4.78, 5) is 22.8. The molecule has 0 fully saturated rings. The molecule has 0 aromatic heterocycles. The van der Waals surface area contributed by atoms with Gasteiger partial charge in [-0.2, -0.15) is 0 Å². The molecule has 0 amide bonds. The highest BCUT2D eigenvalue weighted by Gasteiger charge is 2.38. The van der Waals surface area contributed by atoms with Crippen molar-refractivity contribution in [3.05, 3.63) is 0 Å². The van der Waals surface area contributed by atoms with Gasteiger partial charge in [0, 0.05) is 5.92 Å². The Labute approximate surface area is 118 Å². The highest BCUT2D eigenvalue weighted by atomic mass is 28.4. The largest absolute Gasteiger partial charge is 0.469 e. The van der Waals surface area contributed by atoms with Crippen molar-refractivity contribution in [3.8, 4) is 0 Å². The Bertz CT molecular complexity index is 281. The number of carbonyl (C=O) groups excluding carboxylic acids is 2. The van der Waals surface area contributed by atoms with Crippen LogP contribution in [0.5, 0.6) is 0 Å². The van der Waals surface area contributed by atoms with Crippen LogP contribution >= 0.6 is 0 Å². The SMILES string of the molecule is CC[Si](CC)(CC)O[C@@H]([C@@H](C)C=O)[C@@H](C)C(=O)OC. The van der Waals surface area contributed by atoms with Crippen LogP contribution in [0.1, 0.15) is 34.6 Å². The van der Waals surface area contributed by atoms with E-state index in [9.17, 15) is 9.59 Å². The van der Waals surface area contributed by atoms with E-state index in [4.69, 9.17) is 9.16 Å². The van der Waals surface area contributed by atoms with Gasteiger partial charge in [0.1, 0.15) is 6.29 Å². The Hall–Kier alpha value is -0.683. The first-order valence-corrected chi connectivity index (χ1v) is 9.65. The van der Waals surface area contributed by atoms with Crippen LogP contribution in [0.3, 0.4) is 0 Å². The zero-order valence-corrected chi connectivity index (χ0v) is 14.1. The second kappa shape index (κ2) is 8.48. The molecule has 5 heteroatoms. The molecule has 0 aliphatic heterocycles. The van der Waals surface area contributed by atoms with Crippen LogP contribution in [0, 0.1) is 11.8 Å². The molecule has 0 N–H and O–H groups in total. The second-order valence-electron chi connectivity index (χ2n) is 5.13. The molecule has 0 rings (SSSR count). The zero-order valence-electron chi connectivity index (χ0n) is 13.1. The van der Waals surface area contributed by atoms with Crippen molar-refractivity contribution >= 4 is 20.6 Å². The standard InChI is InChI=1S/C14H28O4Si/c1-7-19(8-2,9-3)18-13(11(4)10-15)12(5)14(16)17-6/h10-13H,7-9H2,1-6H3/t11-,12+,13-/m0/s1. The van der Waals surface area contributed by atoms with Gasteiger partial charge in [-0.1, -0.05) is 27.7 Å². The number of carbonyl (C=O) groups is 2. The summed E-state index contributed by atoms with van der Waals surface area (Å²) in [6.07, 6.45) is 0.487. The molecule has 0 unspecified atom stereocenters. The molecule has 0 bridgehead atoms.